The molecule has 0 fully saturated rings. The Hall–Kier alpha value is -1.59. The first-order valence-corrected chi connectivity index (χ1v) is 31.7. The third-order valence-electron chi connectivity index (χ3n) is 14.7. The summed E-state index contributed by atoms with van der Waals surface area (Å²) >= 11 is 0. The lowest BCUT2D eigenvalue weighted by atomic mass is 10.0. The summed E-state index contributed by atoms with van der Waals surface area (Å²) in [5.41, 5.74) is 0. The zero-order chi connectivity index (χ0) is 51.1. The van der Waals surface area contributed by atoms with Crippen molar-refractivity contribution >= 4 is 17.9 Å². The zero-order valence-corrected chi connectivity index (χ0v) is 48.2. The van der Waals surface area contributed by atoms with Crippen molar-refractivity contribution < 1.29 is 28.6 Å². The summed E-state index contributed by atoms with van der Waals surface area (Å²) in [6.45, 7) is 11.5. The standard InChI is InChI=1S/C64H124O6/c1-6-7-8-9-10-11-12-13-14-15-18-24-29-34-39-44-49-54-62(65)68-57-61(58-69-63(66)55-50-45-40-35-30-25-21-20-23-28-33-38-43-48-53-60(4)5)70-64(67)56-51-46-41-36-31-26-19-16-17-22-27-32-37-42-47-52-59(2)3/h59-61H,6-58H2,1-5H3/t61-/m1/s1. The normalized spacial score (nSPS) is 12.0. The molecule has 0 aliphatic rings. The van der Waals surface area contributed by atoms with Crippen molar-refractivity contribution in [2.75, 3.05) is 13.2 Å². The molecule has 0 aromatic heterocycles. The molecule has 6 heteroatoms. The van der Waals surface area contributed by atoms with Crippen LogP contribution in [0.1, 0.15) is 362 Å². The number of rotatable bonds is 58. The van der Waals surface area contributed by atoms with E-state index >= 15 is 0 Å². The molecular formula is C64H124O6. The van der Waals surface area contributed by atoms with Crippen LogP contribution in [0.15, 0.2) is 0 Å². The topological polar surface area (TPSA) is 78.9 Å². The van der Waals surface area contributed by atoms with Crippen molar-refractivity contribution in [2.24, 2.45) is 11.8 Å². The van der Waals surface area contributed by atoms with Gasteiger partial charge in [-0.2, -0.15) is 0 Å². The van der Waals surface area contributed by atoms with E-state index in [0.717, 1.165) is 69.6 Å². The Morgan fingerprint density at radius 1 is 0.271 bits per heavy atom. The van der Waals surface area contributed by atoms with Crippen LogP contribution >= 0.6 is 0 Å². The van der Waals surface area contributed by atoms with E-state index in [0.29, 0.717) is 19.3 Å². The van der Waals surface area contributed by atoms with Gasteiger partial charge in [0, 0.05) is 19.3 Å². The molecule has 1 atom stereocenters. The molecule has 0 amide bonds. The van der Waals surface area contributed by atoms with Gasteiger partial charge in [-0.15, -0.1) is 0 Å². The molecule has 0 unspecified atom stereocenters. The summed E-state index contributed by atoms with van der Waals surface area (Å²) in [4.78, 5) is 38.3. The molecule has 0 radical (unpaired) electrons. The molecule has 0 saturated carbocycles. The van der Waals surface area contributed by atoms with Crippen LogP contribution < -0.4 is 0 Å². The summed E-state index contributed by atoms with van der Waals surface area (Å²) in [6, 6.07) is 0. The van der Waals surface area contributed by atoms with E-state index < -0.39 is 6.10 Å². The van der Waals surface area contributed by atoms with Crippen LogP contribution in [0.4, 0.5) is 0 Å². The maximum atomic E-state index is 12.9. The van der Waals surface area contributed by atoms with Crippen LogP contribution in [0, 0.1) is 11.8 Å². The third kappa shape index (κ3) is 57.3. The van der Waals surface area contributed by atoms with Crippen LogP contribution in [0.25, 0.3) is 0 Å². The van der Waals surface area contributed by atoms with E-state index in [1.54, 1.807) is 0 Å². The molecular weight excluding hydrogens is 865 g/mol. The van der Waals surface area contributed by atoms with Crippen LogP contribution in [0.2, 0.25) is 0 Å². The van der Waals surface area contributed by atoms with Gasteiger partial charge < -0.3 is 14.2 Å². The molecule has 0 aromatic rings. The average molecular weight is 990 g/mol. The highest BCUT2D eigenvalue weighted by Crippen LogP contribution is 2.19. The Morgan fingerprint density at radius 2 is 0.471 bits per heavy atom. The Balaban J connectivity index is 4.29. The van der Waals surface area contributed by atoms with Gasteiger partial charge in [-0.25, -0.2) is 0 Å². The lowest BCUT2D eigenvalue weighted by Gasteiger charge is -2.18. The number of hydrogen-bond donors (Lipinski definition) is 0. The minimum absolute atomic E-state index is 0.0618. The van der Waals surface area contributed by atoms with Gasteiger partial charge in [0.2, 0.25) is 0 Å². The van der Waals surface area contributed by atoms with Crippen molar-refractivity contribution in [3.05, 3.63) is 0 Å². The monoisotopic (exact) mass is 989 g/mol. The number of hydrogen-bond acceptors (Lipinski definition) is 6. The second kappa shape index (κ2) is 56.7. The molecule has 70 heavy (non-hydrogen) atoms. The van der Waals surface area contributed by atoms with Gasteiger partial charge in [0.05, 0.1) is 0 Å². The Kier molecular flexibility index (Phi) is 55.4. The Morgan fingerprint density at radius 3 is 0.700 bits per heavy atom. The fourth-order valence-electron chi connectivity index (χ4n) is 9.93. The van der Waals surface area contributed by atoms with E-state index in [1.807, 2.05) is 0 Å². The predicted octanol–water partition coefficient (Wildman–Crippen LogP) is 21.2. The van der Waals surface area contributed by atoms with Crippen molar-refractivity contribution in [2.45, 2.75) is 368 Å². The molecule has 0 N–H and O–H groups in total. The van der Waals surface area contributed by atoms with Crippen LogP contribution in [0.5, 0.6) is 0 Å². The average Bonchev–Trinajstić information content (AvgIpc) is 3.33. The van der Waals surface area contributed by atoms with E-state index in [2.05, 4.69) is 34.6 Å². The van der Waals surface area contributed by atoms with Crippen molar-refractivity contribution in [3.63, 3.8) is 0 Å². The fraction of sp³-hybridized carbons (Fsp3) is 0.953. The quantitative estimate of drug-likeness (QED) is 0.0343. The molecule has 0 spiro atoms. The molecule has 0 bridgehead atoms. The third-order valence-corrected chi connectivity index (χ3v) is 14.7. The second-order valence-electron chi connectivity index (χ2n) is 23.0. The minimum atomic E-state index is -0.764. The second-order valence-corrected chi connectivity index (χ2v) is 23.0. The largest absolute Gasteiger partial charge is 0.462 e. The maximum absolute atomic E-state index is 12.9. The highest BCUT2D eigenvalue weighted by atomic mass is 16.6. The molecule has 0 heterocycles. The van der Waals surface area contributed by atoms with Gasteiger partial charge in [0.25, 0.3) is 0 Å². The van der Waals surface area contributed by atoms with E-state index in [4.69, 9.17) is 14.2 Å². The molecule has 0 aromatic carbocycles. The van der Waals surface area contributed by atoms with Gasteiger partial charge in [-0.3, -0.25) is 14.4 Å². The van der Waals surface area contributed by atoms with Gasteiger partial charge in [0.1, 0.15) is 13.2 Å². The summed E-state index contributed by atoms with van der Waals surface area (Å²) in [7, 11) is 0. The first-order valence-electron chi connectivity index (χ1n) is 31.7. The molecule has 0 aliphatic heterocycles. The molecule has 6 nitrogen and oxygen atoms in total. The van der Waals surface area contributed by atoms with E-state index in [-0.39, 0.29) is 31.1 Å². The van der Waals surface area contributed by atoms with E-state index in [1.165, 1.54) is 250 Å². The number of carbonyl (C=O) groups is 3. The first kappa shape index (κ1) is 68.4. The van der Waals surface area contributed by atoms with Crippen LogP contribution in [-0.2, 0) is 28.6 Å². The van der Waals surface area contributed by atoms with Crippen LogP contribution in [0.3, 0.4) is 0 Å². The Labute approximate surface area is 438 Å². The summed E-state index contributed by atoms with van der Waals surface area (Å²) in [6.07, 6.45) is 62.4. The molecule has 0 saturated heterocycles. The molecule has 0 aliphatic carbocycles. The first-order chi connectivity index (χ1) is 34.2. The smallest absolute Gasteiger partial charge is 0.306 e. The highest BCUT2D eigenvalue weighted by Gasteiger charge is 2.19. The maximum Gasteiger partial charge on any atom is 0.306 e. The van der Waals surface area contributed by atoms with Crippen molar-refractivity contribution in [1.29, 1.82) is 0 Å². The summed E-state index contributed by atoms with van der Waals surface area (Å²) < 4.78 is 17.0. The SMILES string of the molecule is CCCCCCCCCCCCCCCCCCCC(=O)OC[C@H](COC(=O)CCCCCCCCCCCCCCCCC(C)C)OC(=O)CCCCCCCCCCCCCCCCCC(C)C. The number of carbonyl (C=O) groups excluding carboxylic acids is 3. The number of unbranched alkanes of at least 4 members (excludes halogenated alkanes) is 43. The summed E-state index contributed by atoms with van der Waals surface area (Å²) in [5, 5.41) is 0. The predicted molar refractivity (Wildman–Crippen MR) is 303 cm³/mol. The fourth-order valence-corrected chi connectivity index (χ4v) is 9.93. The Bertz CT molecular complexity index is 1070. The van der Waals surface area contributed by atoms with Crippen LogP contribution in [-0.4, -0.2) is 37.2 Å². The minimum Gasteiger partial charge on any atom is -0.462 e. The summed E-state index contributed by atoms with van der Waals surface area (Å²) in [5.74, 6) is 0.861. The lowest BCUT2D eigenvalue weighted by Crippen LogP contribution is -2.30. The van der Waals surface area contributed by atoms with Crippen molar-refractivity contribution in [3.8, 4) is 0 Å². The van der Waals surface area contributed by atoms with Gasteiger partial charge >= 0.3 is 17.9 Å². The number of ether oxygens (including phenoxy) is 3. The van der Waals surface area contributed by atoms with Gasteiger partial charge in [-0.1, -0.05) is 324 Å². The van der Waals surface area contributed by atoms with Crippen molar-refractivity contribution in [1.82, 2.24) is 0 Å². The van der Waals surface area contributed by atoms with E-state index in [9.17, 15) is 14.4 Å². The lowest BCUT2D eigenvalue weighted by molar-refractivity contribution is -0.167. The molecule has 416 valence electrons. The number of esters is 3. The highest BCUT2D eigenvalue weighted by molar-refractivity contribution is 5.71. The van der Waals surface area contributed by atoms with Gasteiger partial charge in [-0.05, 0) is 31.1 Å². The van der Waals surface area contributed by atoms with Gasteiger partial charge in [0.15, 0.2) is 6.10 Å². The zero-order valence-electron chi connectivity index (χ0n) is 48.2. The molecule has 0 rings (SSSR count).